The molecule has 0 N–H and O–H groups in total. The van der Waals surface area contributed by atoms with Gasteiger partial charge in [0.05, 0.1) is 31.7 Å². The van der Waals surface area contributed by atoms with Crippen LogP contribution in [0.15, 0.2) is 82.7 Å². The minimum atomic E-state index is -0.110. The van der Waals surface area contributed by atoms with Gasteiger partial charge in [0.25, 0.3) is 5.56 Å². The molecular weight excluding hydrogens is 436 g/mol. The van der Waals surface area contributed by atoms with Crippen molar-refractivity contribution in [2.45, 2.75) is 17.5 Å². The molecule has 5 aromatic rings. The first-order valence-corrected chi connectivity index (χ1v) is 11.4. The Morgan fingerprint density at radius 2 is 1.73 bits per heavy atom. The van der Waals surface area contributed by atoms with Crippen LogP contribution in [-0.2, 0) is 12.3 Å². The number of aromatic nitrogens is 4. The molecule has 0 aliphatic carbocycles. The lowest BCUT2D eigenvalue weighted by molar-refractivity contribution is 0.408. The van der Waals surface area contributed by atoms with E-state index in [1.54, 1.807) is 30.5 Å². The fourth-order valence-electron chi connectivity index (χ4n) is 3.88. The second-order valence-corrected chi connectivity index (χ2v) is 8.42. The molecule has 0 saturated heterocycles. The molecule has 0 atom stereocenters. The summed E-state index contributed by atoms with van der Waals surface area (Å²) < 4.78 is 14.4. The van der Waals surface area contributed by atoms with E-state index in [2.05, 4.69) is 16.3 Å². The molecular formula is C25H22N4O3S. The number of methoxy groups -OCH3 is 2. The molecule has 8 heteroatoms. The van der Waals surface area contributed by atoms with Gasteiger partial charge < -0.3 is 9.47 Å². The number of fused-ring (bicyclic) bond motifs is 3. The van der Waals surface area contributed by atoms with Gasteiger partial charge in [-0.3, -0.25) is 13.8 Å². The predicted molar refractivity (Wildman–Crippen MR) is 129 cm³/mol. The predicted octanol–water partition coefficient (Wildman–Crippen LogP) is 4.40. The third-order valence-corrected chi connectivity index (χ3v) is 6.50. The smallest absolute Gasteiger partial charge is 0.263 e. The van der Waals surface area contributed by atoms with Gasteiger partial charge in [-0.15, -0.1) is 10.2 Å². The van der Waals surface area contributed by atoms with E-state index in [1.165, 1.54) is 0 Å². The van der Waals surface area contributed by atoms with Gasteiger partial charge in [0.1, 0.15) is 11.5 Å². The first-order chi connectivity index (χ1) is 16.2. The Labute approximate surface area is 194 Å². The van der Waals surface area contributed by atoms with E-state index in [9.17, 15) is 4.79 Å². The van der Waals surface area contributed by atoms with Gasteiger partial charge >= 0.3 is 0 Å². The number of hydrogen-bond donors (Lipinski definition) is 0. The lowest BCUT2D eigenvalue weighted by Gasteiger charge is -2.13. The second-order valence-electron chi connectivity index (χ2n) is 7.48. The summed E-state index contributed by atoms with van der Waals surface area (Å²) in [6, 6.07) is 23.2. The number of benzene rings is 3. The number of ether oxygens (including phenoxy) is 2. The maximum atomic E-state index is 13.4. The maximum absolute atomic E-state index is 13.4. The number of thioether (sulfide) groups is 1. The van der Waals surface area contributed by atoms with Crippen molar-refractivity contribution in [1.82, 2.24) is 19.2 Å². The monoisotopic (exact) mass is 458 g/mol. The molecule has 7 nitrogen and oxygen atoms in total. The van der Waals surface area contributed by atoms with Crippen molar-refractivity contribution in [2.24, 2.45) is 0 Å². The molecule has 0 radical (unpaired) electrons. The van der Waals surface area contributed by atoms with E-state index in [1.807, 2.05) is 71.1 Å². The molecule has 0 aliphatic rings. The van der Waals surface area contributed by atoms with Gasteiger partial charge in [-0.1, -0.05) is 54.2 Å². The average molecular weight is 459 g/mol. The topological polar surface area (TPSA) is 70.7 Å². The fraction of sp³-hybridized carbons (Fsp3) is 0.160. The first-order valence-electron chi connectivity index (χ1n) is 10.4. The van der Waals surface area contributed by atoms with Crippen LogP contribution >= 0.6 is 11.8 Å². The molecule has 0 spiro atoms. The van der Waals surface area contributed by atoms with Crippen molar-refractivity contribution in [2.75, 3.05) is 14.2 Å². The minimum absolute atomic E-state index is 0.110. The van der Waals surface area contributed by atoms with Crippen molar-refractivity contribution in [3.8, 4) is 11.5 Å². The number of para-hydroxylation sites is 2. The summed E-state index contributed by atoms with van der Waals surface area (Å²) in [6.07, 6.45) is 0. The Kier molecular flexibility index (Phi) is 5.75. The maximum Gasteiger partial charge on any atom is 0.263 e. The largest absolute Gasteiger partial charge is 0.497 e. The van der Waals surface area contributed by atoms with Crippen LogP contribution in [0.4, 0.5) is 0 Å². The summed E-state index contributed by atoms with van der Waals surface area (Å²) >= 11 is 1.57. The van der Waals surface area contributed by atoms with Crippen molar-refractivity contribution < 1.29 is 9.47 Å². The third kappa shape index (κ3) is 3.93. The summed E-state index contributed by atoms with van der Waals surface area (Å²) in [5.74, 6) is 2.73. The molecule has 0 saturated carbocycles. The van der Waals surface area contributed by atoms with Gasteiger partial charge in [0.2, 0.25) is 5.78 Å². The van der Waals surface area contributed by atoms with E-state index >= 15 is 0 Å². The number of hydrogen-bond acceptors (Lipinski definition) is 6. The Morgan fingerprint density at radius 1 is 0.909 bits per heavy atom. The average Bonchev–Trinajstić information content (AvgIpc) is 3.29. The molecule has 2 aromatic heterocycles. The van der Waals surface area contributed by atoms with Crippen molar-refractivity contribution in [3.63, 3.8) is 0 Å². The van der Waals surface area contributed by atoms with E-state index in [0.717, 1.165) is 33.3 Å². The molecule has 0 unspecified atom stereocenters. The zero-order chi connectivity index (χ0) is 22.8. The third-order valence-electron chi connectivity index (χ3n) is 5.50. The molecule has 0 aliphatic heterocycles. The van der Waals surface area contributed by atoms with Gasteiger partial charge in [-0.05, 0) is 35.9 Å². The van der Waals surface area contributed by atoms with E-state index < -0.39 is 0 Å². The van der Waals surface area contributed by atoms with Crippen molar-refractivity contribution in [3.05, 3.63) is 94.3 Å². The highest BCUT2D eigenvalue weighted by atomic mass is 32.2. The Hall–Kier alpha value is -3.78. The Bertz CT molecular complexity index is 1510. The standard InChI is InChI=1S/C25H22N4O3S/c1-31-19-10-7-8-17(14-19)16-33-25-27-26-24-28(15-18-9-3-6-13-22(18)32-2)23(30)20-11-4-5-12-21(20)29(24)25/h3-14H,15-16H2,1-2H3. The van der Waals surface area contributed by atoms with Crippen LogP contribution in [0.2, 0.25) is 0 Å². The van der Waals surface area contributed by atoms with Gasteiger partial charge in [0.15, 0.2) is 5.16 Å². The minimum Gasteiger partial charge on any atom is -0.497 e. The summed E-state index contributed by atoms with van der Waals surface area (Å²) in [4.78, 5) is 13.4. The molecule has 2 heterocycles. The summed E-state index contributed by atoms with van der Waals surface area (Å²) in [5, 5.41) is 10.2. The quantitative estimate of drug-likeness (QED) is 0.337. The first kappa shape index (κ1) is 21.1. The van der Waals surface area contributed by atoms with Crippen LogP contribution in [0, 0.1) is 0 Å². The zero-order valence-corrected chi connectivity index (χ0v) is 19.1. The molecule has 166 valence electrons. The summed E-state index contributed by atoms with van der Waals surface area (Å²) in [6.45, 7) is 0.329. The molecule has 33 heavy (non-hydrogen) atoms. The molecule has 0 bridgehead atoms. The Balaban J connectivity index is 1.62. The van der Waals surface area contributed by atoms with Crippen molar-refractivity contribution in [1.29, 1.82) is 0 Å². The second kappa shape index (κ2) is 8.99. The SMILES string of the molecule is COc1cccc(CSc2nnc3n(Cc4ccccc4OC)c(=O)c4ccccc4n23)c1. The normalized spacial score (nSPS) is 11.2. The van der Waals surface area contributed by atoms with E-state index in [0.29, 0.717) is 23.5 Å². The van der Waals surface area contributed by atoms with Crippen LogP contribution in [0.1, 0.15) is 11.1 Å². The molecule has 5 rings (SSSR count). The van der Waals surface area contributed by atoms with Crippen LogP contribution in [0.25, 0.3) is 16.7 Å². The van der Waals surface area contributed by atoms with Crippen LogP contribution in [-0.4, -0.2) is 33.4 Å². The van der Waals surface area contributed by atoms with Crippen molar-refractivity contribution >= 4 is 28.4 Å². The molecule has 3 aromatic carbocycles. The van der Waals surface area contributed by atoms with Crippen LogP contribution in [0.5, 0.6) is 11.5 Å². The zero-order valence-electron chi connectivity index (χ0n) is 18.3. The molecule has 0 amide bonds. The lowest BCUT2D eigenvalue weighted by atomic mass is 10.2. The van der Waals surface area contributed by atoms with Crippen LogP contribution < -0.4 is 15.0 Å². The number of rotatable bonds is 7. The highest BCUT2D eigenvalue weighted by molar-refractivity contribution is 7.98. The fourth-order valence-corrected chi connectivity index (χ4v) is 4.77. The lowest BCUT2D eigenvalue weighted by Crippen LogP contribution is -2.24. The highest BCUT2D eigenvalue weighted by Crippen LogP contribution is 2.27. The summed E-state index contributed by atoms with van der Waals surface area (Å²) in [5.41, 5.74) is 2.68. The number of nitrogens with zero attached hydrogens (tertiary/aromatic N) is 4. The van der Waals surface area contributed by atoms with Gasteiger partial charge in [-0.2, -0.15) is 0 Å². The van der Waals surface area contributed by atoms with Gasteiger partial charge in [-0.25, -0.2) is 0 Å². The highest BCUT2D eigenvalue weighted by Gasteiger charge is 2.18. The van der Waals surface area contributed by atoms with Gasteiger partial charge in [0, 0.05) is 11.3 Å². The Morgan fingerprint density at radius 3 is 2.58 bits per heavy atom. The van der Waals surface area contributed by atoms with E-state index in [4.69, 9.17) is 9.47 Å². The summed E-state index contributed by atoms with van der Waals surface area (Å²) in [7, 11) is 3.29. The molecule has 0 fully saturated rings. The van der Waals surface area contributed by atoms with E-state index in [-0.39, 0.29) is 5.56 Å². The van der Waals surface area contributed by atoms with Crippen LogP contribution in [0.3, 0.4) is 0 Å².